The number of benzene rings is 1. The van der Waals surface area contributed by atoms with E-state index in [1.54, 1.807) is 0 Å². The van der Waals surface area contributed by atoms with E-state index in [0.29, 0.717) is 24.1 Å². The van der Waals surface area contributed by atoms with Gasteiger partial charge in [-0.1, -0.05) is 12.1 Å². The van der Waals surface area contributed by atoms with Crippen molar-refractivity contribution < 1.29 is 51.7 Å². The standard InChI is InChI=1S/C33H43N8O8S/c1-23(42)15-37(16-24(2)43)31(46)19-35-10-12-39-29(35)21-41(14-9-27-5-7-28(8-6-27)50-49-48-34)22-30-36(11-13-40(30)33(39)41)20-32(47)38(17-25(3)44)18-26(4)45/h5-8,10-13,33H,9,14-22,34H2,1-4H3/q+3. The third-order valence-corrected chi connectivity index (χ3v) is 9.49. The number of nitrogens with two attached hydrogens (primary N) is 1. The quantitative estimate of drug-likeness (QED) is 0.0613. The largest absolute Gasteiger partial charge is 0.380 e. The zero-order valence-corrected chi connectivity index (χ0v) is 29.5. The normalized spacial score (nSPS) is 17.2. The van der Waals surface area contributed by atoms with E-state index in [1.807, 2.05) is 58.2 Å². The maximum Gasteiger partial charge on any atom is 0.380 e. The number of nitrogens with zero attached hydrogens (tertiary/aromatic N) is 7. The smallest absolute Gasteiger partial charge is 0.325 e. The fraction of sp³-hybridized carbons (Fsp3) is 0.455. The Morgan fingerprint density at radius 3 is 1.62 bits per heavy atom. The van der Waals surface area contributed by atoms with Gasteiger partial charge in [-0.3, -0.25) is 28.8 Å². The minimum absolute atomic E-state index is 0.0293. The topological polar surface area (TPSA) is 171 Å². The van der Waals surface area contributed by atoms with Crippen LogP contribution in [-0.2, 0) is 70.7 Å². The highest BCUT2D eigenvalue weighted by Crippen LogP contribution is 2.42. The number of quaternary nitrogens is 1. The Kier molecular flexibility index (Phi) is 11.4. The lowest BCUT2D eigenvalue weighted by molar-refractivity contribution is -0.981. The van der Waals surface area contributed by atoms with Gasteiger partial charge in [0.05, 0.1) is 44.8 Å². The summed E-state index contributed by atoms with van der Waals surface area (Å²) in [5.41, 5.74) is 1.10. The van der Waals surface area contributed by atoms with Crippen LogP contribution < -0.4 is 15.0 Å². The number of ketones is 4. The summed E-state index contributed by atoms with van der Waals surface area (Å²) in [4.78, 5) is 81.9. The molecule has 2 aliphatic rings. The van der Waals surface area contributed by atoms with E-state index < -0.39 is 0 Å². The highest BCUT2D eigenvalue weighted by Gasteiger charge is 2.63. The predicted octanol–water partition coefficient (Wildman–Crippen LogP) is -0.202. The van der Waals surface area contributed by atoms with Crippen molar-refractivity contribution in [3.8, 4) is 0 Å². The van der Waals surface area contributed by atoms with Crippen LogP contribution in [0.25, 0.3) is 0 Å². The average molecular weight is 712 g/mol. The summed E-state index contributed by atoms with van der Waals surface area (Å²) in [6.45, 7) is 6.79. The van der Waals surface area contributed by atoms with Gasteiger partial charge < -0.3 is 9.80 Å². The number of hydrogen-bond acceptors (Lipinski definition) is 10. The lowest BCUT2D eigenvalue weighted by Crippen LogP contribution is -2.51. The summed E-state index contributed by atoms with van der Waals surface area (Å²) in [6.07, 6.45) is 8.05. The van der Waals surface area contributed by atoms with E-state index in [4.69, 9.17) is 10.2 Å². The van der Waals surface area contributed by atoms with Crippen molar-refractivity contribution in [1.29, 1.82) is 0 Å². The zero-order valence-electron chi connectivity index (χ0n) is 28.6. The van der Waals surface area contributed by atoms with Crippen LogP contribution in [-0.4, -0.2) is 91.1 Å². The van der Waals surface area contributed by atoms with Crippen LogP contribution in [0.5, 0.6) is 0 Å². The average Bonchev–Trinajstić information content (AvgIpc) is 3.76. The first kappa shape index (κ1) is 36.7. The van der Waals surface area contributed by atoms with Crippen molar-refractivity contribution >= 4 is 47.0 Å². The number of Topliss-reactive ketones (excluding diaryl/α,β-unsaturated/α-hetero) is 4. The van der Waals surface area contributed by atoms with Crippen LogP contribution in [0, 0.1) is 0 Å². The fourth-order valence-corrected chi connectivity index (χ4v) is 7.24. The molecule has 0 bridgehead atoms. The number of amides is 2. The Labute approximate surface area is 293 Å². The van der Waals surface area contributed by atoms with Crippen LogP contribution in [0.4, 0.5) is 0 Å². The highest BCUT2D eigenvalue weighted by molar-refractivity contribution is 7.94. The first-order valence-corrected chi connectivity index (χ1v) is 16.9. The first-order valence-electron chi connectivity index (χ1n) is 16.2. The van der Waals surface area contributed by atoms with Gasteiger partial charge in [-0.05, 0) is 45.4 Å². The van der Waals surface area contributed by atoms with Crippen molar-refractivity contribution in [1.82, 2.24) is 18.9 Å². The van der Waals surface area contributed by atoms with Crippen LogP contribution in [0.3, 0.4) is 0 Å². The van der Waals surface area contributed by atoms with Crippen LogP contribution >= 0.6 is 12.0 Å². The summed E-state index contributed by atoms with van der Waals surface area (Å²) < 4.78 is 13.4. The summed E-state index contributed by atoms with van der Waals surface area (Å²) >= 11 is 1.00. The number of imidazole rings is 2. The molecular formula is C33H43N8O8S+3. The van der Waals surface area contributed by atoms with Crippen LogP contribution in [0.15, 0.2) is 53.9 Å². The van der Waals surface area contributed by atoms with Gasteiger partial charge in [0.25, 0.3) is 11.8 Å². The summed E-state index contributed by atoms with van der Waals surface area (Å²) in [7, 11) is 0. The molecule has 0 unspecified atom stereocenters. The number of carbonyl (C=O) groups is 6. The Morgan fingerprint density at radius 2 is 1.22 bits per heavy atom. The Bertz CT molecular complexity index is 1670. The van der Waals surface area contributed by atoms with E-state index >= 15 is 0 Å². The van der Waals surface area contributed by atoms with Gasteiger partial charge in [0.1, 0.15) is 47.9 Å². The third-order valence-electron chi connectivity index (χ3n) is 8.88. The second-order valence-corrected chi connectivity index (χ2v) is 13.8. The maximum atomic E-state index is 13.4. The van der Waals surface area contributed by atoms with Gasteiger partial charge in [0.2, 0.25) is 0 Å². The summed E-state index contributed by atoms with van der Waals surface area (Å²) in [6, 6.07) is 7.85. The number of fused-ring (bicyclic) bond motifs is 5. The molecule has 1 aromatic carbocycles. The molecule has 0 atom stereocenters. The molecule has 2 aliphatic heterocycles. The molecule has 3 aromatic rings. The van der Waals surface area contributed by atoms with E-state index in [-0.39, 0.29) is 80.5 Å². The van der Waals surface area contributed by atoms with E-state index in [9.17, 15) is 28.8 Å². The molecule has 2 amide bonds. The van der Waals surface area contributed by atoms with Crippen molar-refractivity contribution in [3.63, 3.8) is 0 Å². The Morgan fingerprint density at radius 1 is 0.780 bits per heavy atom. The van der Waals surface area contributed by atoms with Gasteiger partial charge in [-0.2, -0.15) is 5.90 Å². The third kappa shape index (κ3) is 8.24. The van der Waals surface area contributed by atoms with Crippen molar-refractivity contribution in [2.24, 2.45) is 5.90 Å². The lowest BCUT2D eigenvalue weighted by Gasteiger charge is -2.28. The van der Waals surface area contributed by atoms with Gasteiger partial charge >= 0.3 is 17.9 Å². The van der Waals surface area contributed by atoms with E-state index in [1.165, 1.54) is 37.5 Å². The number of rotatable bonds is 18. The zero-order chi connectivity index (χ0) is 36.2. The molecule has 5 rings (SSSR count). The fourth-order valence-electron chi connectivity index (χ4n) is 6.87. The molecule has 17 heteroatoms. The van der Waals surface area contributed by atoms with E-state index in [0.717, 1.165) is 40.6 Å². The minimum atomic E-state index is -0.325. The van der Waals surface area contributed by atoms with Crippen molar-refractivity contribution in [2.75, 3.05) is 32.7 Å². The Balaban J connectivity index is 1.44. The van der Waals surface area contributed by atoms with Crippen LogP contribution in [0.1, 0.15) is 51.2 Å². The first-order chi connectivity index (χ1) is 23.8. The number of hydrogen-bond donors (Lipinski definition) is 1. The second kappa shape index (κ2) is 15.6. The predicted molar refractivity (Wildman–Crippen MR) is 174 cm³/mol. The SMILES string of the molecule is CC(=O)CN(CC(C)=O)C(=O)C[n+]1ccn2c1C[N+]1(CCc3ccc(SOON)cc3)Cc3n(cc[n+]3CC(=O)N(CC(C)=O)CC(C)=O)C21. The molecule has 4 heterocycles. The molecule has 0 spiro atoms. The van der Waals surface area contributed by atoms with E-state index in [2.05, 4.69) is 14.1 Å². The van der Waals surface area contributed by atoms with Crippen molar-refractivity contribution in [3.05, 3.63) is 66.3 Å². The Hall–Kier alpha value is -4.55. The summed E-state index contributed by atoms with van der Waals surface area (Å²) in [5, 5.41) is 0. The van der Waals surface area contributed by atoms with Crippen LogP contribution in [0.2, 0.25) is 0 Å². The molecule has 266 valence electrons. The number of carbonyl (C=O) groups excluding carboxylic acids is 6. The molecule has 50 heavy (non-hydrogen) atoms. The van der Waals surface area contributed by atoms with Gasteiger partial charge in [-0.25, -0.2) is 13.6 Å². The molecule has 0 fully saturated rings. The number of aromatic nitrogens is 4. The minimum Gasteiger partial charge on any atom is -0.325 e. The molecule has 0 aliphatic carbocycles. The second-order valence-electron chi connectivity index (χ2n) is 13.1. The molecule has 0 saturated heterocycles. The van der Waals surface area contributed by atoms with Gasteiger partial charge in [0, 0.05) is 11.3 Å². The molecule has 0 saturated carbocycles. The van der Waals surface area contributed by atoms with Gasteiger partial charge in [0.15, 0.2) is 26.2 Å². The maximum absolute atomic E-state index is 13.4. The molecule has 0 radical (unpaired) electrons. The summed E-state index contributed by atoms with van der Waals surface area (Å²) in [5.74, 6) is 5.30. The lowest BCUT2D eigenvalue weighted by atomic mass is 10.1. The molecule has 16 nitrogen and oxygen atoms in total. The highest BCUT2D eigenvalue weighted by atomic mass is 32.2. The van der Waals surface area contributed by atoms with Crippen molar-refractivity contribution in [2.45, 2.75) is 71.5 Å². The monoisotopic (exact) mass is 711 g/mol. The molecule has 2 N–H and O–H groups in total. The molecular weight excluding hydrogens is 668 g/mol. The van der Waals surface area contributed by atoms with Gasteiger partial charge in [-0.15, -0.1) is 18.5 Å². The molecule has 2 aromatic heterocycles.